The van der Waals surface area contributed by atoms with Gasteiger partial charge in [-0.25, -0.2) is 4.99 Å². The summed E-state index contributed by atoms with van der Waals surface area (Å²) in [6.07, 6.45) is 6.24. The Bertz CT molecular complexity index is 541. The predicted molar refractivity (Wildman–Crippen MR) is 81.5 cm³/mol. The van der Waals surface area contributed by atoms with Crippen molar-refractivity contribution < 1.29 is 9.13 Å². The molecule has 0 aromatic carbocycles. The molecule has 1 N–H and O–H groups in total. The number of aliphatic imine (C=N–C) groups is 1. The molecule has 0 amide bonds. The zero-order valence-electron chi connectivity index (χ0n) is 10.9. The minimum absolute atomic E-state index is 0.00277. The Hall–Kier alpha value is -1.56. The van der Waals surface area contributed by atoms with Gasteiger partial charge in [-0.3, -0.25) is 4.98 Å². The van der Waals surface area contributed by atoms with Gasteiger partial charge in [0.05, 0.1) is 25.0 Å². The number of hydrogen-bond acceptors (Lipinski definition) is 4. The molecule has 6 heteroatoms. The van der Waals surface area contributed by atoms with E-state index in [4.69, 9.17) is 4.74 Å². The SMILES string of the molecule is [BH3-][N+]12CCC(CC1)C1(CN=C(Nc3cccnc3)O1)C2. The Labute approximate surface area is 120 Å². The maximum Gasteiger partial charge on any atom is 0.290 e. The summed E-state index contributed by atoms with van der Waals surface area (Å²) < 4.78 is 7.72. The van der Waals surface area contributed by atoms with Crippen LogP contribution in [0.5, 0.6) is 0 Å². The molecule has 1 aromatic rings. The summed E-state index contributed by atoms with van der Waals surface area (Å²) in [5.74, 6) is 0.706. The quantitative estimate of drug-likeness (QED) is 0.740. The third-order valence-corrected chi connectivity index (χ3v) is 4.53. The van der Waals surface area contributed by atoms with Gasteiger partial charge in [0.15, 0.2) is 13.6 Å². The van der Waals surface area contributed by atoms with Gasteiger partial charge in [0.2, 0.25) is 0 Å². The zero-order valence-corrected chi connectivity index (χ0v) is 10.9. The molecule has 3 saturated heterocycles. The Morgan fingerprint density at radius 2 is 2.25 bits per heavy atom. The van der Waals surface area contributed by atoms with Crippen molar-refractivity contribution >= 4 is 19.7 Å². The van der Waals surface area contributed by atoms with Crippen LogP contribution in [0.3, 0.4) is 0 Å². The van der Waals surface area contributed by atoms with E-state index in [1.165, 1.54) is 36.9 Å². The molecule has 20 heavy (non-hydrogen) atoms. The molecule has 2 bridgehead atoms. The van der Waals surface area contributed by atoms with Crippen LogP contribution in [0.1, 0.15) is 12.8 Å². The van der Waals surface area contributed by atoms with Gasteiger partial charge in [0.25, 0.3) is 6.02 Å². The molecule has 1 atom stereocenters. The molecule has 4 aliphatic heterocycles. The van der Waals surface area contributed by atoms with Crippen LogP contribution in [0.25, 0.3) is 0 Å². The van der Waals surface area contributed by atoms with Crippen molar-refractivity contribution in [1.82, 2.24) is 4.98 Å². The van der Waals surface area contributed by atoms with Gasteiger partial charge in [0.1, 0.15) is 0 Å². The van der Waals surface area contributed by atoms with Crippen molar-refractivity contribution in [3.8, 4) is 0 Å². The van der Waals surface area contributed by atoms with E-state index in [1.54, 1.807) is 12.4 Å². The number of nitrogens with one attached hydrogen (secondary N) is 1. The number of hydrogen-bond donors (Lipinski definition) is 1. The van der Waals surface area contributed by atoms with Gasteiger partial charge in [-0.1, -0.05) is 0 Å². The average Bonchev–Trinajstić information content (AvgIpc) is 2.82. The molecular formula is C14H21BN4O. The third kappa shape index (κ3) is 1.90. The first-order chi connectivity index (χ1) is 9.68. The lowest BCUT2D eigenvalue weighted by atomic mass is 9.72. The largest absolute Gasteiger partial charge is 0.519 e. The minimum atomic E-state index is 0.00277. The maximum atomic E-state index is 6.33. The summed E-state index contributed by atoms with van der Waals surface area (Å²) in [5.41, 5.74) is 0.954. The van der Waals surface area contributed by atoms with Gasteiger partial charge in [-0.2, -0.15) is 0 Å². The van der Waals surface area contributed by atoms with Crippen LogP contribution in [0.2, 0.25) is 0 Å². The van der Waals surface area contributed by atoms with E-state index in [9.17, 15) is 0 Å². The molecule has 1 unspecified atom stereocenters. The normalized spacial score (nSPS) is 38.6. The molecule has 1 aromatic heterocycles. The van der Waals surface area contributed by atoms with Gasteiger partial charge < -0.3 is 14.4 Å². The summed E-state index contributed by atoms with van der Waals surface area (Å²) in [5, 5.41) is 3.26. The van der Waals surface area contributed by atoms with Crippen LogP contribution in [0.15, 0.2) is 29.5 Å². The fourth-order valence-electron chi connectivity index (χ4n) is 3.51. The van der Waals surface area contributed by atoms with Crippen molar-refractivity contribution in [3.63, 3.8) is 0 Å². The lowest BCUT2D eigenvalue weighted by molar-refractivity contribution is -0.845. The first-order valence-electron chi connectivity index (χ1n) is 6.97. The monoisotopic (exact) mass is 272 g/mol. The lowest BCUT2D eigenvalue weighted by Crippen LogP contribution is -2.69. The fourth-order valence-corrected chi connectivity index (χ4v) is 3.51. The zero-order chi connectivity index (χ0) is 13.6. The van der Waals surface area contributed by atoms with E-state index in [2.05, 4.69) is 15.3 Å². The highest BCUT2D eigenvalue weighted by Crippen LogP contribution is 2.43. The molecule has 1 spiro atoms. The van der Waals surface area contributed by atoms with Crippen LogP contribution in [-0.4, -0.2) is 55.2 Å². The van der Waals surface area contributed by atoms with Crippen molar-refractivity contribution in [2.24, 2.45) is 10.9 Å². The van der Waals surface area contributed by atoms with Crippen LogP contribution in [0, 0.1) is 5.92 Å². The molecule has 5 rings (SSSR count). The molecule has 106 valence electrons. The van der Waals surface area contributed by atoms with Gasteiger partial charge in [-0.05, 0) is 25.0 Å². The summed E-state index contributed by atoms with van der Waals surface area (Å²) >= 11 is 0. The fraction of sp³-hybridized carbons (Fsp3) is 0.571. The topological polar surface area (TPSA) is 46.5 Å². The number of quaternary nitrogens is 1. The Balaban J connectivity index is 1.50. The number of rotatable bonds is 1. The number of fused-ring (bicyclic) bond motifs is 2. The highest BCUT2D eigenvalue weighted by molar-refractivity contribution is 5.97. The van der Waals surface area contributed by atoms with E-state index < -0.39 is 0 Å². The number of aromatic nitrogens is 1. The van der Waals surface area contributed by atoms with Crippen molar-refractivity contribution in [3.05, 3.63) is 24.5 Å². The van der Waals surface area contributed by atoms with Crippen LogP contribution < -0.4 is 5.32 Å². The molecule has 4 aliphatic rings. The molecule has 5 heterocycles. The molecular weight excluding hydrogens is 251 g/mol. The van der Waals surface area contributed by atoms with Crippen molar-refractivity contribution in [2.45, 2.75) is 18.4 Å². The van der Waals surface area contributed by atoms with Gasteiger partial charge in [-0.15, -0.1) is 0 Å². The molecule has 5 nitrogen and oxygen atoms in total. The summed E-state index contributed by atoms with van der Waals surface area (Å²) in [4.78, 5) is 8.74. The smallest absolute Gasteiger partial charge is 0.290 e. The molecule has 3 fully saturated rings. The number of anilines is 1. The first-order valence-corrected chi connectivity index (χ1v) is 6.97. The third-order valence-electron chi connectivity index (χ3n) is 4.53. The number of ether oxygens (including phenoxy) is 1. The summed E-state index contributed by atoms with van der Waals surface area (Å²) in [6, 6.07) is 4.61. The van der Waals surface area contributed by atoms with E-state index in [0.29, 0.717) is 19.9 Å². The van der Waals surface area contributed by atoms with E-state index in [-0.39, 0.29) is 5.60 Å². The summed E-state index contributed by atoms with van der Waals surface area (Å²) in [6.45, 7) is 4.86. The first kappa shape index (κ1) is 12.2. The van der Waals surface area contributed by atoms with E-state index in [1.807, 2.05) is 12.1 Å². The second-order valence-corrected chi connectivity index (χ2v) is 5.71. The molecule has 0 radical (unpaired) electrons. The summed E-state index contributed by atoms with van der Waals surface area (Å²) in [7, 11) is 0.319. The van der Waals surface area contributed by atoms with Gasteiger partial charge in [0, 0.05) is 25.2 Å². The standard InChI is InChI=1S/C14H21BN4O/c15-19-6-3-11(4-7-19)14(10-19)9-17-13(20-14)18-12-2-1-5-16-8-12/h1-2,5,8,11H,3-4,6-7,9-10H2,15H3,(H,17,18). The number of amidine groups is 1. The lowest BCUT2D eigenvalue weighted by Gasteiger charge is -2.60. The maximum absolute atomic E-state index is 6.33. The average molecular weight is 272 g/mol. The molecule has 0 saturated carbocycles. The number of nitrogens with zero attached hydrogens (tertiary/aromatic N) is 3. The van der Waals surface area contributed by atoms with E-state index >= 15 is 0 Å². The second kappa shape index (κ2) is 4.22. The Morgan fingerprint density at radius 3 is 2.95 bits per heavy atom. The van der Waals surface area contributed by atoms with Gasteiger partial charge >= 0.3 is 0 Å². The minimum Gasteiger partial charge on any atom is -0.519 e. The van der Waals surface area contributed by atoms with Crippen LogP contribution in [-0.2, 0) is 4.74 Å². The highest BCUT2D eigenvalue weighted by atomic mass is 16.5. The Morgan fingerprint density at radius 1 is 1.40 bits per heavy atom. The number of pyridine rings is 1. The second-order valence-electron chi connectivity index (χ2n) is 5.71. The highest BCUT2D eigenvalue weighted by Gasteiger charge is 2.55. The number of piperidine rings is 3. The molecule has 0 aliphatic carbocycles. The van der Waals surface area contributed by atoms with Crippen LogP contribution >= 0.6 is 0 Å². The van der Waals surface area contributed by atoms with Crippen molar-refractivity contribution in [2.75, 3.05) is 31.5 Å². The van der Waals surface area contributed by atoms with Crippen molar-refractivity contribution in [1.29, 1.82) is 0 Å². The van der Waals surface area contributed by atoms with Crippen LogP contribution in [0.4, 0.5) is 5.69 Å². The predicted octanol–water partition coefficient (Wildman–Crippen LogP) is 0.139. The van der Waals surface area contributed by atoms with E-state index in [0.717, 1.165) is 12.2 Å². The Kier molecular flexibility index (Phi) is 2.57.